The van der Waals surface area contributed by atoms with Crippen molar-refractivity contribution >= 4 is 12.0 Å². The molecule has 5 N–H and O–H groups in total. The number of benzene rings is 1. The van der Waals surface area contributed by atoms with Crippen molar-refractivity contribution < 1.29 is 39.8 Å². The van der Waals surface area contributed by atoms with E-state index in [0.29, 0.717) is 5.56 Å². The fourth-order valence-corrected chi connectivity index (χ4v) is 2.18. The van der Waals surface area contributed by atoms with Gasteiger partial charge in [-0.2, -0.15) is 0 Å². The quantitative estimate of drug-likeness (QED) is 0.433. The van der Waals surface area contributed by atoms with E-state index in [1.165, 1.54) is 12.1 Å². The lowest BCUT2D eigenvalue weighted by atomic mass is 9.99. The number of carbonyl (C=O) groups is 1. The van der Waals surface area contributed by atoms with Crippen molar-refractivity contribution in [1.29, 1.82) is 0 Å². The molecule has 0 saturated carbocycles. The molecule has 2 rings (SSSR count). The Morgan fingerprint density at radius 1 is 1.17 bits per heavy atom. The highest BCUT2D eigenvalue weighted by molar-refractivity contribution is 5.85. The third kappa shape index (κ3) is 4.06. The molecule has 0 bridgehead atoms. The van der Waals surface area contributed by atoms with Crippen LogP contribution in [0.2, 0.25) is 0 Å². The maximum absolute atomic E-state index is 10.6. The smallest absolute Gasteiger partial charge is 0.328 e. The number of carboxylic acids is 1. The van der Waals surface area contributed by atoms with Crippen molar-refractivity contribution in [2.75, 3.05) is 6.61 Å². The van der Waals surface area contributed by atoms with Crippen molar-refractivity contribution in [2.45, 2.75) is 30.7 Å². The SMILES string of the molecule is O=C(O)/C=C/c1ccccc1O[C@H]1O[C@@H](CO)[C@H](O)[C@@H](O)[C@@H]1O. The van der Waals surface area contributed by atoms with Gasteiger partial charge in [0, 0.05) is 11.6 Å². The van der Waals surface area contributed by atoms with E-state index < -0.39 is 43.3 Å². The standard InChI is InChI=1S/C15H18O8/c16-7-10-12(19)13(20)14(21)15(23-10)22-9-4-2-1-3-8(9)5-6-11(17)18/h1-6,10,12-16,19-21H,7H2,(H,17,18)/b6-5+/t10-,12-,13+,14-,15-/m0/s1. The topological polar surface area (TPSA) is 137 Å². The van der Waals surface area contributed by atoms with Crippen LogP contribution in [0.1, 0.15) is 5.56 Å². The molecule has 0 spiro atoms. The van der Waals surface area contributed by atoms with Crippen molar-refractivity contribution in [3.63, 3.8) is 0 Å². The molecule has 8 heteroatoms. The number of ether oxygens (including phenoxy) is 2. The number of rotatable bonds is 5. The summed E-state index contributed by atoms with van der Waals surface area (Å²) >= 11 is 0. The Bertz CT molecular complexity index is 570. The first kappa shape index (κ1) is 17.4. The maximum Gasteiger partial charge on any atom is 0.328 e. The van der Waals surface area contributed by atoms with Gasteiger partial charge in [0.05, 0.1) is 6.61 Å². The lowest BCUT2D eigenvalue weighted by Gasteiger charge is -2.39. The van der Waals surface area contributed by atoms with Crippen LogP contribution in [0.25, 0.3) is 6.08 Å². The van der Waals surface area contributed by atoms with E-state index in [0.717, 1.165) is 6.08 Å². The van der Waals surface area contributed by atoms with Gasteiger partial charge in [-0.15, -0.1) is 0 Å². The summed E-state index contributed by atoms with van der Waals surface area (Å²) in [5.41, 5.74) is 0.423. The summed E-state index contributed by atoms with van der Waals surface area (Å²) in [4.78, 5) is 10.6. The predicted molar refractivity (Wildman–Crippen MR) is 77.5 cm³/mol. The summed E-state index contributed by atoms with van der Waals surface area (Å²) in [5.74, 6) is -0.915. The molecule has 126 valence electrons. The minimum atomic E-state index is -1.55. The van der Waals surface area contributed by atoms with Crippen LogP contribution in [0.3, 0.4) is 0 Å². The molecule has 5 atom stereocenters. The average molecular weight is 326 g/mol. The Labute approximate surface area is 131 Å². The number of aliphatic carboxylic acids is 1. The van der Waals surface area contributed by atoms with E-state index in [1.54, 1.807) is 18.2 Å². The summed E-state index contributed by atoms with van der Waals surface area (Å²) in [5, 5.41) is 47.2. The van der Waals surface area contributed by atoms with Gasteiger partial charge >= 0.3 is 5.97 Å². The minimum absolute atomic E-state index is 0.217. The zero-order valence-corrected chi connectivity index (χ0v) is 12.0. The third-order valence-corrected chi connectivity index (χ3v) is 3.42. The number of hydrogen-bond donors (Lipinski definition) is 5. The molecular weight excluding hydrogens is 308 g/mol. The molecule has 0 unspecified atom stereocenters. The normalized spacial score (nSPS) is 31.2. The molecule has 1 aromatic carbocycles. The summed E-state index contributed by atoms with van der Waals surface area (Å²) in [6, 6.07) is 6.43. The van der Waals surface area contributed by atoms with Crippen molar-refractivity contribution in [3.05, 3.63) is 35.9 Å². The first-order chi connectivity index (χ1) is 10.9. The molecule has 0 aromatic heterocycles. The van der Waals surface area contributed by atoms with E-state index in [1.807, 2.05) is 0 Å². The number of aliphatic hydroxyl groups excluding tert-OH is 4. The van der Waals surface area contributed by atoms with Crippen molar-refractivity contribution in [2.24, 2.45) is 0 Å². The molecule has 1 fully saturated rings. The Hall–Kier alpha value is -1.97. The fourth-order valence-electron chi connectivity index (χ4n) is 2.18. The van der Waals surface area contributed by atoms with E-state index >= 15 is 0 Å². The Morgan fingerprint density at radius 2 is 1.87 bits per heavy atom. The average Bonchev–Trinajstić information content (AvgIpc) is 2.54. The van der Waals surface area contributed by atoms with Crippen LogP contribution in [0.4, 0.5) is 0 Å². The highest BCUT2D eigenvalue weighted by Gasteiger charge is 2.44. The van der Waals surface area contributed by atoms with Gasteiger partial charge in [-0.1, -0.05) is 18.2 Å². The van der Waals surface area contributed by atoms with Crippen LogP contribution in [0.15, 0.2) is 30.3 Å². The zero-order valence-electron chi connectivity index (χ0n) is 12.0. The molecule has 1 saturated heterocycles. The van der Waals surface area contributed by atoms with E-state index in [-0.39, 0.29) is 5.75 Å². The molecular formula is C15H18O8. The minimum Gasteiger partial charge on any atom is -0.478 e. The summed E-state index contributed by atoms with van der Waals surface area (Å²) in [6.45, 7) is -0.564. The van der Waals surface area contributed by atoms with Gasteiger partial charge < -0.3 is 35.0 Å². The predicted octanol–water partition coefficient (Wildman–Crippen LogP) is -1.04. The Morgan fingerprint density at radius 3 is 2.52 bits per heavy atom. The largest absolute Gasteiger partial charge is 0.478 e. The first-order valence-electron chi connectivity index (χ1n) is 6.91. The lowest BCUT2D eigenvalue weighted by molar-refractivity contribution is -0.277. The highest BCUT2D eigenvalue weighted by atomic mass is 16.7. The fraction of sp³-hybridized carbons (Fsp3) is 0.400. The second-order valence-corrected chi connectivity index (χ2v) is 5.02. The lowest BCUT2D eigenvalue weighted by Crippen LogP contribution is -2.60. The van der Waals surface area contributed by atoms with E-state index in [4.69, 9.17) is 19.7 Å². The summed E-state index contributed by atoms with van der Waals surface area (Å²) < 4.78 is 10.7. The Kier molecular flexibility index (Phi) is 5.69. The molecule has 23 heavy (non-hydrogen) atoms. The third-order valence-electron chi connectivity index (χ3n) is 3.42. The molecule has 0 aliphatic carbocycles. The number of carboxylic acid groups (broad SMARTS) is 1. The van der Waals surface area contributed by atoms with Gasteiger partial charge in [0.1, 0.15) is 30.2 Å². The molecule has 1 aromatic rings. The maximum atomic E-state index is 10.6. The number of aliphatic hydroxyl groups is 4. The van der Waals surface area contributed by atoms with Crippen LogP contribution in [0.5, 0.6) is 5.75 Å². The molecule has 1 aliphatic rings. The first-order valence-corrected chi connectivity index (χ1v) is 6.91. The number of hydrogen-bond acceptors (Lipinski definition) is 7. The van der Waals surface area contributed by atoms with Crippen molar-refractivity contribution in [1.82, 2.24) is 0 Å². The van der Waals surface area contributed by atoms with Gasteiger partial charge in [0.25, 0.3) is 0 Å². The summed E-state index contributed by atoms with van der Waals surface area (Å²) in [7, 11) is 0. The number of para-hydroxylation sites is 1. The molecule has 0 amide bonds. The second kappa shape index (κ2) is 7.53. The molecule has 1 aliphatic heterocycles. The van der Waals surface area contributed by atoms with Gasteiger partial charge in [-0.05, 0) is 12.1 Å². The Balaban J connectivity index is 2.19. The molecule has 1 heterocycles. The zero-order chi connectivity index (χ0) is 17.0. The molecule has 8 nitrogen and oxygen atoms in total. The van der Waals surface area contributed by atoms with Gasteiger partial charge in [-0.25, -0.2) is 4.79 Å². The van der Waals surface area contributed by atoms with Gasteiger partial charge in [-0.3, -0.25) is 0 Å². The second-order valence-electron chi connectivity index (χ2n) is 5.02. The van der Waals surface area contributed by atoms with E-state index in [2.05, 4.69) is 0 Å². The molecule has 0 radical (unpaired) electrons. The monoisotopic (exact) mass is 326 g/mol. The van der Waals surface area contributed by atoms with Crippen LogP contribution in [0, 0.1) is 0 Å². The van der Waals surface area contributed by atoms with Gasteiger partial charge in [0.2, 0.25) is 6.29 Å². The van der Waals surface area contributed by atoms with Crippen molar-refractivity contribution in [3.8, 4) is 5.75 Å². The summed E-state index contributed by atoms with van der Waals surface area (Å²) in [6.07, 6.45) is -4.74. The highest BCUT2D eigenvalue weighted by Crippen LogP contribution is 2.27. The van der Waals surface area contributed by atoms with Gasteiger partial charge in [0.15, 0.2) is 0 Å². The van der Waals surface area contributed by atoms with Crippen LogP contribution >= 0.6 is 0 Å². The van der Waals surface area contributed by atoms with Crippen LogP contribution in [-0.4, -0.2) is 68.8 Å². The van der Waals surface area contributed by atoms with Crippen LogP contribution < -0.4 is 4.74 Å². The van der Waals surface area contributed by atoms with Crippen LogP contribution in [-0.2, 0) is 9.53 Å². The van der Waals surface area contributed by atoms with E-state index in [9.17, 15) is 20.1 Å².